The van der Waals surface area contributed by atoms with E-state index in [-0.39, 0.29) is 6.10 Å². The number of ether oxygens (including phenoxy) is 1. The fourth-order valence-electron chi connectivity index (χ4n) is 2.74. The van der Waals surface area contributed by atoms with E-state index in [0.29, 0.717) is 5.95 Å². The fourth-order valence-corrected chi connectivity index (χ4v) is 2.74. The van der Waals surface area contributed by atoms with Crippen LogP contribution in [0.3, 0.4) is 0 Å². The first-order valence-corrected chi connectivity index (χ1v) is 9.13. The Morgan fingerprint density at radius 2 is 1.63 bits per heavy atom. The number of aryl methyl sites for hydroxylation is 3. The Hall–Kier alpha value is -3.08. The number of nitrogens with zero attached hydrogens (tertiary/aromatic N) is 2. The van der Waals surface area contributed by atoms with Crippen molar-refractivity contribution in [1.29, 1.82) is 0 Å². The van der Waals surface area contributed by atoms with Gasteiger partial charge in [0.05, 0.1) is 11.8 Å². The Labute approximate surface area is 160 Å². The number of nitrogens with one attached hydrogen (secondary N) is 2. The maximum atomic E-state index is 5.88. The van der Waals surface area contributed by atoms with Crippen molar-refractivity contribution in [2.75, 3.05) is 10.6 Å². The Bertz CT molecular complexity index is 937. The van der Waals surface area contributed by atoms with Crippen molar-refractivity contribution >= 4 is 23.1 Å². The molecule has 3 rings (SSSR count). The highest BCUT2D eigenvalue weighted by Gasteiger charge is 2.09. The SMILES string of the molecule is Cc1ccc(C)c(Nc2nc(C)cc(Nc3ccccc3OC(C)C)n2)c1. The van der Waals surface area contributed by atoms with E-state index in [1.165, 1.54) is 5.56 Å². The summed E-state index contributed by atoms with van der Waals surface area (Å²) in [6.07, 6.45) is 0.0987. The van der Waals surface area contributed by atoms with E-state index < -0.39 is 0 Å². The van der Waals surface area contributed by atoms with Crippen LogP contribution in [0.2, 0.25) is 0 Å². The topological polar surface area (TPSA) is 59.1 Å². The zero-order valence-corrected chi connectivity index (χ0v) is 16.5. The van der Waals surface area contributed by atoms with Gasteiger partial charge < -0.3 is 15.4 Å². The Balaban J connectivity index is 1.87. The molecule has 0 amide bonds. The summed E-state index contributed by atoms with van der Waals surface area (Å²) in [5.74, 6) is 2.08. The highest BCUT2D eigenvalue weighted by molar-refractivity contribution is 5.66. The van der Waals surface area contributed by atoms with Crippen LogP contribution in [0.25, 0.3) is 0 Å². The van der Waals surface area contributed by atoms with Crippen molar-refractivity contribution in [3.05, 3.63) is 65.4 Å². The molecule has 0 saturated heterocycles. The summed E-state index contributed by atoms with van der Waals surface area (Å²) in [6, 6.07) is 16.1. The molecule has 0 atom stereocenters. The Morgan fingerprint density at radius 3 is 2.41 bits per heavy atom. The lowest BCUT2D eigenvalue weighted by Crippen LogP contribution is -2.08. The van der Waals surface area contributed by atoms with Crippen molar-refractivity contribution in [1.82, 2.24) is 9.97 Å². The van der Waals surface area contributed by atoms with Crippen LogP contribution in [-0.2, 0) is 0 Å². The van der Waals surface area contributed by atoms with E-state index in [9.17, 15) is 0 Å². The molecule has 0 fully saturated rings. The molecule has 0 saturated carbocycles. The average molecular weight is 362 g/mol. The van der Waals surface area contributed by atoms with Gasteiger partial charge in [-0.2, -0.15) is 4.98 Å². The molecule has 1 aromatic heterocycles. The van der Waals surface area contributed by atoms with Crippen LogP contribution in [0.15, 0.2) is 48.5 Å². The second kappa shape index (κ2) is 8.08. The summed E-state index contributed by atoms with van der Waals surface area (Å²) in [5, 5.41) is 6.69. The van der Waals surface area contributed by atoms with Crippen LogP contribution in [0, 0.1) is 20.8 Å². The molecule has 1 heterocycles. The molecule has 0 unspecified atom stereocenters. The minimum Gasteiger partial charge on any atom is -0.489 e. The third kappa shape index (κ3) is 4.97. The number of anilines is 4. The maximum Gasteiger partial charge on any atom is 0.229 e. The van der Waals surface area contributed by atoms with Crippen LogP contribution in [-0.4, -0.2) is 16.1 Å². The van der Waals surface area contributed by atoms with E-state index in [1.807, 2.05) is 51.1 Å². The lowest BCUT2D eigenvalue weighted by Gasteiger charge is -2.16. The highest BCUT2D eigenvalue weighted by atomic mass is 16.5. The predicted octanol–water partition coefficient (Wildman–Crippen LogP) is 5.68. The van der Waals surface area contributed by atoms with Gasteiger partial charge in [0, 0.05) is 17.4 Å². The zero-order chi connectivity index (χ0) is 19.4. The Morgan fingerprint density at radius 1 is 0.852 bits per heavy atom. The van der Waals surface area contributed by atoms with E-state index in [0.717, 1.165) is 34.2 Å². The number of hydrogen-bond donors (Lipinski definition) is 2. The molecule has 2 N–H and O–H groups in total. The molecule has 140 valence electrons. The maximum absolute atomic E-state index is 5.88. The third-order valence-corrected chi connectivity index (χ3v) is 4.01. The molecule has 2 aromatic carbocycles. The molecule has 0 radical (unpaired) electrons. The summed E-state index contributed by atoms with van der Waals surface area (Å²) < 4.78 is 5.88. The van der Waals surface area contributed by atoms with E-state index >= 15 is 0 Å². The summed E-state index contributed by atoms with van der Waals surface area (Å²) in [4.78, 5) is 9.15. The van der Waals surface area contributed by atoms with E-state index in [2.05, 4.69) is 52.6 Å². The van der Waals surface area contributed by atoms with Crippen LogP contribution >= 0.6 is 0 Å². The number of aromatic nitrogens is 2. The van der Waals surface area contributed by atoms with Gasteiger partial charge in [-0.15, -0.1) is 0 Å². The number of hydrogen-bond acceptors (Lipinski definition) is 5. The molecule has 0 bridgehead atoms. The van der Waals surface area contributed by atoms with Crippen molar-refractivity contribution in [2.45, 2.75) is 40.7 Å². The molecular formula is C22H26N4O. The van der Waals surface area contributed by atoms with Gasteiger partial charge in [0.1, 0.15) is 11.6 Å². The standard InChI is InChI=1S/C22H26N4O/c1-14(2)27-20-9-7-6-8-18(20)24-21-13-17(5)23-22(26-21)25-19-12-15(3)10-11-16(19)4/h6-14H,1-5H3,(H2,23,24,25,26). The van der Waals surface area contributed by atoms with Gasteiger partial charge >= 0.3 is 0 Å². The molecule has 5 nitrogen and oxygen atoms in total. The molecular weight excluding hydrogens is 336 g/mol. The quantitative estimate of drug-likeness (QED) is 0.591. The predicted molar refractivity (Wildman–Crippen MR) is 111 cm³/mol. The number of rotatable bonds is 6. The summed E-state index contributed by atoms with van der Waals surface area (Å²) >= 11 is 0. The lowest BCUT2D eigenvalue weighted by molar-refractivity contribution is 0.244. The fraction of sp³-hybridized carbons (Fsp3) is 0.273. The third-order valence-electron chi connectivity index (χ3n) is 4.01. The lowest BCUT2D eigenvalue weighted by atomic mass is 10.1. The van der Waals surface area contributed by atoms with Crippen molar-refractivity contribution in [2.24, 2.45) is 0 Å². The van der Waals surface area contributed by atoms with Gasteiger partial charge in [-0.3, -0.25) is 0 Å². The largest absolute Gasteiger partial charge is 0.489 e. The summed E-state index contributed by atoms with van der Waals surface area (Å²) in [7, 11) is 0. The highest BCUT2D eigenvalue weighted by Crippen LogP contribution is 2.28. The van der Waals surface area contributed by atoms with Crippen LogP contribution in [0.5, 0.6) is 5.75 Å². The first kappa shape index (κ1) is 18.7. The van der Waals surface area contributed by atoms with Gasteiger partial charge in [0.2, 0.25) is 5.95 Å². The minimum absolute atomic E-state index is 0.0987. The van der Waals surface area contributed by atoms with Gasteiger partial charge in [-0.25, -0.2) is 4.98 Å². The van der Waals surface area contributed by atoms with Gasteiger partial charge in [0.25, 0.3) is 0 Å². The van der Waals surface area contributed by atoms with Crippen molar-refractivity contribution in [3.8, 4) is 5.75 Å². The summed E-state index contributed by atoms with van der Waals surface area (Å²) in [6.45, 7) is 10.1. The van der Waals surface area contributed by atoms with Crippen LogP contribution in [0.4, 0.5) is 23.1 Å². The molecule has 5 heteroatoms. The summed E-state index contributed by atoms with van der Waals surface area (Å²) in [5.41, 5.74) is 5.10. The first-order valence-electron chi connectivity index (χ1n) is 9.13. The molecule has 0 aliphatic rings. The Kier molecular flexibility index (Phi) is 5.60. The van der Waals surface area contributed by atoms with Crippen molar-refractivity contribution in [3.63, 3.8) is 0 Å². The average Bonchev–Trinajstić information content (AvgIpc) is 2.59. The monoisotopic (exact) mass is 362 g/mol. The number of benzene rings is 2. The molecule has 3 aromatic rings. The molecule has 0 spiro atoms. The molecule has 0 aliphatic heterocycles. The second-order valence-electron chi connectivity index (χ2n) is 6.95. The number of para-hydroxylation sites is 2. The first-order chi connectivity index (χ1) is 12.9. The molecule has 27 heavy (non-hydrogen) atoms. The van der Waals surface area contributed by atoms with Gasteiger partial charge in [0.15, 0.2) is 0 Å². The minimum atomic E-state index is 0.0987. The van der Waals surface area contributed by atoms with Crippen molar-refractivity contribution < 1.29 is 4.74 Å². The smallest absolute Gasteiger partial charge is 0.229 e. The van der Waals surface area contributed by atoms with Gasteiger partial charge in [-0.05, 0) is 63.9 Å². The van der Waals surface area contributed by atoms with E-state index in [1.54, 1.807) is 0 Å². The molecule has 0 aliphatic carbocycles. The second-order valence-corrected chi connectivity index (χ2v) is 6.95. The van der Waals surface area contributed by atoms with E-state index in [4.69, 9.17) is 4.74 Å². The van der Waals surface area contributed by atoms with Crippen LogP contribution < -0.4 is 15.4 Å². The normalized spacial score (nSPS) is 10.7. The van der Waals surface area contributed by atoms with Crippen LogP contribution in [0.1, 0.15) is 30.7 Å². The van der Waals surface area contributed by atoms with Gasteiger partial charge in [-0.1, -0.05) is 24.3 Å². The zero-order valence-electron chi connectivity index (χ0n) is 16.5.